The van der Waals surface area contributed by atoms with Gasteiger partial charge in [-0.2, -0.15) is 5.10 Å². The number of rotatable bonds is 5. The zero-order valence-corrected chi connectivity index (χ0v) is 16.2. The van der Waals surface area contributed by atoms with Crippen molar-refractivity contribution in [2.45, 2.75) is 20.4 Å². The van der Waals surface area contributed by atoms with Gasteiger partial charge in [0.1, 0.15) is 11.6 Å². The van der Waals surface area contributed by atoms with Gasteiger partial charge in [-0.1, -0.05) is 24.3 Å². The third-order valence-corrected chi connectivity index (χ3v) is 4.42. The van der Waals surface area contributed by atoms with Crippen LogP contribution in [-0.4, -0.2) is 22.0 Å². The van der Waals surface area contributed by atoms with E-state index in [1.165, 1.54) is 12.1 Å². The summed E-state index contributed by atoms with van der Waals surface area (Å²) >= 11 is 5.44. The predicted molar refractivity (Wildman–Crippen MR) is 110 cm³/mol. The summed E-state index contributed by atoms with van der Waals surface area (Å²) in [7, 11) is 1.62. The highest BCUT2D eigenvalue weighted by atomic mass is 32.1. The monoisotopic (exact) mass is 384 g/mol. The third-order valence-electron chi connectivity index (χ3n) is 4.22. The number of hydrogen-bond acceptors (Lipinski definition) is 3. The first-order valence-corrected chi connectivity index (χ1v) is 8.88. The molecule has 0 atom stereocenters. The average molecular weight is 384 g/mol. The first kappa shape index (κ1) is 18.8. The topological polar surface area (TPSA) is 51.1 Å². The number of nitrogens with one attached hydrogen (secondary N) is 2. The molecule has 1 aromatic heterocycles. The van der Waals surface area contributed by atoms with E-state index in [1.807, 2.05) is 42.8 Å². The minimum absolute atomic E-state index is 0.248. The highest BCUT2D eigenvalue weighted by Gasteiger charge is 2.14. The Hall–Kier alpha value is -2.93. The molecule has 140 valence electrons. The molecule has 0 aliphatic carbocycles. The summed E-state index contributed by atoms with van der Waals surface area (Å²) in [6, 6.07) is 14.0. The summed E-state index contributed by atoms with van der Waals surface area (Å²) in [6.07, 6.45) is 0. The number of halogens is 1. The first-order valence-electron chi connectivity index (χ1n) is 8.47. The van der Waals surface area contributed by atoms with Crippen LogP contribution < -0.4 is 15.4 Å². The smallest absolute Gasteiger partial charge is 0.175 e. The molecule has 0 amide bonds. The van der Waals surface area contributed by atoms with Gasteiger partial charge in [0, 0.05) is 0 Å². The lowest BCUT2D eigenvalue weighted by molar-refractivity contribution is 0.417. The van der Waals surface area contributed by atoms with Gasteiger partial charge in [0.25, 0.3) is 0 Å². The lowest BCUT2D eigenvalue weighted by Gasteiger charge is -2.13. The van der Waals surface area contributed by atoms with Crippen molar-refractivity contribution < 1.29 is 9.13 Å². The third kappa shape index (κ3) is 4.43. The largest absolute Gasteiger partial charge is 0.495 e. The second kappa shape index (κ2) is 8.18. The van der Waals surface area contributed by atoms with E-state index in [1.54, 1.807) is 19.2 Å². The molecule has 1 heterocycles. The van der Waals surface area contributed by atoms with Crippen molar-refractivity contribution in [2.24, 2.45) is 0 Å². The van der Waals surface area contributed by atoms with Crippen LogP contribution in [0.3, 0.4) is 0 Å². The Bertz CT molecular complexity index is 953. The number of nitrogens with zero attached hydrogens (tertiary/aromatic N) is 2. The minimum atomic E-state index is -0.248. The van der Waals surface area contributed by atoms with Crippen LogP contribution in [0.15, 0.2) is 48.5 Å². The van der Waals surface area contributed by atoms with Crippen LogP contribution in [0.4, 0.5) is 15.8 Å². The second-order valence-corrected chi connectivity index (χ2v) is 6.52. The highest BCUT2D eigenvalue weighted by Crippen LogP contribution is 2.25. The number of thiocarbonyl (C=S) groups is 1. The van der Waals surface area contributed by atoms with Gasteiger partial charge in [0.05, 0.1) is 36.4 Å². The molecule has 3 aromatic rings. The van der Waals surface area contributed by atoms with Gasteiger partial charge in [-0.3, -0.25) is 4.68 Å². The maximum atomic E-state index is 13.1. The Morgan fingerprint density at radius 1 is 1.11 bits per heavy atom. The van der Waals surface area contributed by atoms with Gasteiger partial charge >= 0.3 is 0 Å². The number of anilines is 2. The fourth-order valence-corrected chi connectivity index (χ4v) is 3.02. The number of ether oxygens (including phenoxy) is 1. The quantitative estimate of drug-likeness (QED) is 0.634. The summed E-state index contributed by atoms with van der Waals surface area (Å²) < 4.78 is 20.3. The first-order chi connectivity index (χ1) is 13.0. The van der Waals surface area contributed by atoms with E-state index in [0.29, 0.717) is 17.4 Å². The van der Waals surface area contributed by atoms with Crippen LogP contribution in [0.25, 0.3) is 0 Å². The maximum Gasteiger partial charge on any atom is 0.175 e. The van der Waals surface area contributed by atoms with Gasteiger partial charge < -0.3 is 15.4 Å². The number of aromatic nitrogens is 2. The van der Waals surface area contributed by atoms with Crippen molar-refractivity contribution in [2.75, 3.05) is 17.7 Å². The van der Waals surface area contributed by atoms with Gasteiger partial charge in [-0.05, 0) is 55.9 Å². The van der Waals surface area contributed by atoms with Crippen LogP contribution in [0.5, 0.6) is 5.75 Å². The van der Waals surface area contributed by atoms with E-state index in [9.17, 15) is 4.39 Å². The van der Waals surface area contributed by atoms with E-state index in [-0.39, 0.29) is 5.82 Å². The van der Waals surface area contributed by atoms with Crippen LogP contribution >= 0.6 is 12.2 Å². The summed E-state index contributed by atoms with van der Waals surface area (Å²) in [5.74, 6) is 0.462. The Morgan fingerprint density at radius 3 is 2.52 bits per heavy atom. The Kier molecular flexibility index (Phi) is 5.71. The van der Waals surface area contributed by atoms with Gasteiger partial charge in [0.15, 0.2) is 5.11 Å². The standard InChI is InChI=1S/C20H21FN4OS/c1-13-19(23-20(27)22-17-6-4-5-7-18(17)26-3)14(2)25(24-13)12-15-8-10-16(21)11-9-15/h4-11H,12H2,1-3H3,(H2,22,23,27). The van der Waals surface area contributed by atoms with Crippen LogP contribution in [0.2, 0.25) is 0 Å². The number of hydrogen-bond donors (Lipinski definition) is 2. The highest BCUT2D eigenvalue weighted by molar-refractivity contribution is 7.80. The Labute approximate surface area is 163 Å². The molecule has 0 saturated heterocycles. The fraction of sp³-hybridized carbons (Fsp3) is 0.200. The van der Waals surface area contributed by atoms with Crippen molar-refractivity contribution in [3.63, 3.8) is 0 Å². The molecule has 0 aliphatic rings. The van der Waals surface area contributed by atoms with Crippen LogP contribution in [0.1, 0.15) is 17.0 Å². The second-order valence-electron chi connectivity index (χ2n) is 6.11. The van der Waals surface area contributed by atoms with E-state index in [0.717, 1.165) is 28.3 Å². The van der Waals surface area contributed by atoms with Gasteiger partial charge in [-0.15, -0.1) is 0 Å². The van der Waals surface area contributed by atoms with E-state index < -0.39 is 0 Å². The molecular formula is C20H21FN4OS. The number of benzene rings is 2. The van der Waals surface area contributed by atoms with Crippen molar-refractivity contribution in [1.82, 2.24) is 9.78 Å². The van der Waals surface area contributed by atoms with Gasteiger partial charge in [0.2, 0.25) is 0 Å². The molecule has 0 bridgehead atoms. The Morgan fingerprint density at radius 2 is 1.81 bits per heavy atom. The molecule has 0 radical (unpaired) electrons. The summed E-state index contributed by atoms with van der Waals surface area (Å²) in [6.45, 7) is 4.45. The number of methoxy groups -OCH3 is 1. The van der Waals surface area contributed by atoms with Crippen LogP contribution in [-0.2, 0) is 6.54 Å². The minimum Gasteiger partial charge on any atom is -0.495 e. The molecule has 0 fully saturated rings. The normalized spacial score (nSPS) is 10.5. The zero-order chi connectivity index (χ0) is 19.4. The van der Waals surface area contributed by atoms with E-state index in [4.69, 9.17) is 17.0 Å². The molecule has 0 spiro atoms. The molecule has 0 aliphatic heterocycles. The van der Waals surface area contributed by atoms with E-state index >= 15 is 0 Å². The van der Waals surface area contributed by atoms with Gasteiger partial charge in [-0.25, -0.2) is 4.39 Å². The molecule has 0 saturated carbocycles. The van der Waals surface area contributed by atoms with Crippen molar-refractivity contribution in [3.05, 3.63) is 71.3 Å². The lowest BCUT2D eigenvalue weighted by Crippen LogP contribution is -2.20. The van der Waals surface area contributed by atoms with Crippen molar-refractivity contribution in [1.29, 1.82) is 0 Å². The maximum absolute atomic E-state index is 13.1. The molecular weight excluding hydrogens is 363 g/mol. The van der Waals surface area contributed by atoms with E-state index in [2.05, 4.69) is 15.7 Å². The lowest BCUT2D eigenvalue weighted by atomic mass is 10.2. The van der Waals surface area contributed by atoms with Crippen molar-refractivity contribution >= 4 is 28.7 Å². The molecule has 0 unspecified atom stereocenters. The summed E-state index contributed by atoms with van der Waals surface area (Å²) in [4.78, 5) is 0. The zero-order valence-electron chi connectivity index (χ0n) is 15.4. The molecule has 27 heavy (non-hydrogen) atoms. The molecule has 2 aromatic carbocycles. The summed E-state index contributed by atoms with van der Waals surface area (Å²) in [5.41, 5.74) is 4.39. The van der Waals surface area contributed by atoms with Crippen LogP contribution in [0, 0.1) is 19.7 Å². The predicted octanol–water partition coefficient (Wildman–Crippen LogP) is 4.50. The molecule has 5 nitrogen and oxygen atoms in total. The number of aryl methyl sites for hydroxylation is 1. The fourth-order valence-electron chi connectivity index (χ4n) is 2.81. The SMILES string of the molecule is COc1ccccc1NC(=S)Nc1c(C)nn(Cc2ccc(F)cc2)c1C. The molecule has 2 N–H and O–H groups in total. The number of para-hydroxylation sites is 2. The molecule has 7 heteroatoms. The van der Waals surface area contributed by atoms with Crippen molar-refractivity contribution in [3.8, 4) is 5.75 Å². The Balaban J connectivity index is 1.74. The average Bonchev–Trinajstić information content (AvgIpc) is 2.91. The molecule has 3 rings (SSSR count). The summed E-state index contributed by atoms with van der Waals surface area (Å²) in [5, 5.41) is 11.4.